The summed E-state index contributed by atoms with van der Waals surface area (Å²) in [5, 5.41) is 3.24. The van der Waals surface area contributed by atoms with Crippen molar-refractivity contribution in [2.45, 2.75) is 58.0 Å². The maximum Gasteiger partial charge on any atom is 0.247 e. The number of hydrogen-bond donors (Lipinski definition) is 1. The maximum absolute atomic E-state index is 12.3. The molecule has 0 spiro atoms. The Balaban J connectivity index is 2.38. The molecule has 1 aliphatic rings. The van der Waals surface area contributed by atoms with Crippen LogP contribution in [-0.4, -0.2) is 60.9 Å². The van der Waals surface area contributed by atoms with E-state index in [4.69, 9.17) is 0 Å². The minimum Gasteiger partial charge on any atom is -0.309 e. The molecule has 0 aliphatic carbocycles. The Morgan fingerprint density at radius 3 is 2.45 bits per heavy atom. The zero-order valence-electron chi connectivity index (χ0n) is 13.3. The Kier molecular flexibility index (Phi) is 7.16. The van der Waals surface area contributed by atoms with Gasteiger partial charge in [0.15, 0.2) is 0 Å². The Labute approximate surface area is 122 Å². The average Bonchev–Trinajstić information content (AvgIpc) is 2.67. The van der Waals surface area contributed by atoms with E-state index < -0.39 is 0 Å². The van der Waals surface area contributed by atoms with E-state index in [9.17, 15) is 9.59 Å². The van der Waals surface area contributed by atoms with Gasteiger partial charge < -0.3 is 10.2 Å². The highest BCUT2D eigenvalue weighted by Crippen LogP contribution is 2.20. The van der Waals surface area contributed by atoms with Gasteiger partial charge in [-0.15, -0.1) is 0 Å². The van der Waals surface area contributed by atoms with Crippen LogP contribution in [0.15, 0.2) is 0 Å². The summed E-state index contributed by atoms with van der Waals surface area (Å²) in [6, 6.07) is -0.238. The van der Waals surface area contributed by atoms with Crippen LogP contribution in [0.25, 0.3) is 0 Å². The Hall–Kier alpha value is -0.940. The van der Waals surface area contributed by atoms with Gasteiger partial charge in [0.05, 0.1) is 12.5 Å². The fraction of sp³-hybridized carbons (Fsp3) is 0.867. The van der Waals surface area contributed by atoms with Gasteiger partial charge in [0.2, 0.25) is 11.8 Å². The van der Waals surface area contributed by atoms with Crippen molar-refractivity contribution in [3.63, 3.8) is 0 Å². The number of carbonyl (C=O) groups excluding carboxylic acids is 2. The van der Waals surface area contributed by atoms with E-state index in [0.29, 0.717) is 6.42 Å². The van der Waals surface area contributed by atoms with Crippen LogP contribution in [0.4, 0.5) is 0 Å². The van der Waals surface area contributed by atoms with Gasteiger partial charge in [-0.25, -0.2) is 0 Å². The van der Waals surface area contributed by atoms with Crippen molar-refractivity contribution in [2.24, 2.45) is 0 Å². The van der Waals surface area contributed by atoms with Gasteiger partial charge >= 0.3 is 0 Å². The third-order valence-corrected chi connectivity index (χ3v) is 3.91. The first-order chi connectivity index (χ1) is 9.51. The monoisotopic (exact) mass is 283 g/mol. The molecular formula is C15H29N3O2. The van der Waals surface area contributed by atoms with Gasteiger partial charge in [-0.3, -0.25) is 14.5 Å². The Bertz CT molecular complexity index is 327. The van der Waals surface area contributed by atoms with Gasteiger partial charge in [-0.1, -0.05) is 13.8 Å². The van der Waals surface area contributed by atoms with Crippen molar-refractivity contribution in [3.8, 4) is 0 Å². The number of carbonyl (C=O) groups is 2. The number of hydrogen-bond acceptors (Lipinski definition) is 4. The van der Waals surface area contributed by atoms with Gasteiger partial charge in [0.1, 0.15) is 0 Å². The molecule has 1 heterocycles. The fourth-order valence-electron chi connectivity index (χ4n) is 2.68. The zero-order valence-corrected chi connectivity index (χ0v) is 13.3. The average molecular weight is 283 g/mol. The molecule has 0 bridgehead atoms. The first kappa shape index (κ1) is 17.1. The predicted molar refractivity (Wildman–Crippen MR) is 80.4 cm³/mol. The summed E-state index contributed by atoms with van der Waals surface area (Å²) >= 11 is 0. The number of unbranched alkanes of at least 4 members (excludes halogenated alkanes) is 1. The standard InChI is InChI=1S/C15H29N3O2/c1-5-12(6-2)18-14(19)11-13(15(18)20)16-9-7-8-10-17(3)4/h12-13,16H,5-11H2,1-4H3. The summed E-state index contributed by atoms with van der Waals surface area (Å²) in [6.07, 6.45) is 4.13. The van der Waals surface area contributed by atoms with E-state index in [1.807, 2.05) is 13.8 Å². The third-order valence-electron chi connectivity index (χ3n) is 3.91. The Morgan fingerprint density at radius 1 is 1.25 bits per heavy atom. The van der Waals surface area contributed by atoms with E-state index in [-0.39, 0.29) is 23.9 Å². The largest absolute Gasteiger partial charge is 0.309 e. The second-order valence-corrected chi connectivity index (χ2v) is 5.79. The van der Waals surface area contributed by atoms with Crippen molar-refractivity contribution in [1.29, 1.82) is 0 Å². The molecule has 0 aromatic heterocycles. The van der Waals surface area contributed by atoms with E-state index in [0.717, 1.165) is 38.8 Å². The van der Waals surface area contributed by atoms with Crippen LogP contribution in [0.1, 0.15) is 46.0 Å². The van der Waals surface area contributed by atoms with Gasteiger partial charge in [-0.05, 0) is 52.9 Å². The lowest BCUT2D eigenvalue weighted by Crippen LogP contribution is -2.43. The van der Waals surface area contributed by atoms with Gasteiger partial charge in [0, 0.05) is 6.04 Å². The maximum atomic E-state index is 12.3. The molecule has 1 fully saturated rings. The molecule has 116 valence electrons. The quantitative estimate of drug-likeness (QED) is 0.511. The second-order valence-electron chi connectivity index (χ2n) is 5.79. The van der Waals surface area contributed by atoms with Crippen molar-refractivity contribution >= 4 is 11.8 Å². The molecule has 1 atom stereocenters. The summed E-state index contributed by atoms with van der Waals surface area (Å²) < 4.78 is 0. The molecule has 0 saturated carbocycles. The molecule has 1 rings (SSSR count). The summed E-state index contributed by atoms with van der Waals surface area (Å²) in [5.74, 6) is -0.0502. The molecule has 1 unspecified atom stereocenters. The number of rotatable bonds is 9. The molecule has 2 amide bonds. The summed E-state index contributed by atoms with van der Waals surface area (Å²) in [4.78, 5) is 27.9. The molecule has 1 saturated heterocycles. The minimum atomic E-state index is -0.303. The highest BCUT2D eigenvalue weighted by Gasteiger charge is 2.40. The van der Waals surface area contributed by atoms with E-state index in [2.05, 4.69) is 24.3 Å². The molecular weight excluding hydrogens is 254 g/mol. The molecule has 0 aromatic rings. The number of imide groups is 1. The van der Waals surface area contributed by atoms with E-state index in [1.54, 1.807) is 0 Å². The number of nitrogens with one attached hydrogen (secondary N) is 1. The van der Waals surface area contributed by atoms with Gasteiger partial charge in [-0.2, -0.15) is 0 Å². The van der Waals surface area contributed by atoms with Crippen LogP contribution in [0.2, 0.25) is 0 Å². The number of nitrogens with zero attached hydrogens (tertiary/aromatic N) is 2. The topological polar surface area (TPSA) is 52.7 Å². The fourth-order valence-corrected chi connectivity index (χ4v) is 2.68. The van der Waals surface area contributed by atoms with Crippen molar-refractivity contribution in [1.82, 2.24) is 15.1 Å². The van der Waals surface area contributed by atoms with Crippen molar-refractivity contribution < 1.29 is 9.59 Å². The van der Waals surface area contributed by atoms with Crippen molar-refractivity contribution in [2.75, 3.05) is 27.2 Å². The van der Waals surface area contributed by atoms with Crippen LogP contribution in [0.3, 0.4) is 0 Å². The molecule has 1 N–H and O–H groups in total. The number of likely N-dealkylation sites (tertiary alicyclic amines) is 1. The number of amides is 2. The molecule has 5 heteroatoms. The molecule has 5 nitrogen and oxygen atoms in total. The highest BCUT2D eigenvalue weighted by atomic mass is 16.2. The molecule has 20 heavy (non-hydrogen) atoms. The SMILES string of the molecule is CCC(CC)N1C(=O)CC(NCCCCN(C)C)C1=O. The summed E-state index contributed by atoms with van der Waals surface area (Å²) in [6.45, 7) is 5.90. The van der Waals surface area contributed by atoms with Crippen LogP contribution < -0.4 is 5.32 Å². The normalized spacial score (nSPS) is 19.7. The minimum absolute atomic E-state index is 0.0190. The van der Waals surface area contributed by atoms with Gasteiger partial charge in [0.25, 0.3) is 0 Å². The molecule has 0 aromatic carbocycles. The van der Waals surface area contributed by atoms with Crippen LogP contribution in [-0.2, 0) is 9.59 Å². The zero-order chi connectivity index (χ0) is 15.1. The first-order valence-corrected chi connectivity index (χ1v) is 7.75. The smallest absolute Gasteiger partial charge is 0.247 e. The first-order valence-electron chi connectivity index (χ1n) is 7.75. The lowest BCUT2D eigenvalue weighted by molar-refractivity contribution is -0.141. The lowest BCUT2D eigenvalue weighted by atomic mass is 10.1. The summed E-state index contributed by atoms with van der Waals surface area (Å²) in [5.41, 5.74) is 0. The van der Waals surface area contributed by atoms with E-state index >= 15 is 0 Å². The highest BCUT2D eigenvalue weighted by molar-refractivity contribution is 6.05. The lowest BCUT2D eigenvalue weighted by Gasteiger charge is -2.24. The summed E-state index contributed by atoms with van der Waals surface area (Å²) in [7, 11) is 4.11. The van der Waals surface area contributed by atoms with Crippen molar-refractivity contribution in [3.05, 3.63) is 0 Å². The Morgan fingerprint density at radius 2 is 1.90 bits per heavy atom. The van der Waals surface area contributed by atoms with E-state index in [1.165, 1.54) is 4.90 Å². The van der Waals surface area contributed by atoms with Crippen LogP contribution in [0, 0.1) is 0 Å². The molecule has 0 radical (unpaired) electrons. The second kappa shape index (κ2) is 8.37. The van der Waals surface area contributed by atoms with Crippen LogP contribution >= 0.6 is 0 Å². The molecule has 1 aliphatic heterocycles. The third kappa shape index (κ3) is 4.56. The predicted octanol–water partition coefficient (Wildman–Crippen LogP) is 1.23. The van der Waals surface area contributed by atoms with Crippen LogP contribution in [0.5, 0.6) is 0 Å².